The van der Waals surface area contributed by atoms with E-state index in [9.17, 15) is 10.1 Å². The number of hydrogen-bond acceptors (Lipinski definition) is 4. The van der Waals surface area contributed by atoms with Crippen LogP contribution >= 0.6 is 0 Å². The van der Waals surface area contributed by atoms with E-state index in [1.165, 1.54) is 25.3 Å². The van der Waals surface area contributed by atoms with Crippen molar-refractivity contribution < 1.29 is 10.0 Å². The number of aliphatic hydroxyl groups is 1. The van der Waals surface area contributed by atoms with Gasteiger partial charge in [0.05, 0.1) is 4.92 Å². The molecule has 0 amide bonds. The average molecular weight is 168 g/mol. The number of rotatable bonds is 2. The Hall–Kier alpha value is -1.49. The predicted molar refractivity (Wildman–Crippen MR) is 41.5 cm³/mol. The third-order valence-electron chi connectivity index (χ3n) is 1.41. The molecule has 0 saturated carbocycles. The van der Waals surface area contributed by atoms with E-state index in [-0.39, 0.29) is 11.4 Å². The lowest BCUT2D eigenvalue weighted by molar-refractivity contribution is -0.386. The van der Waals surface area contributed by atoms with Gasteiger partial charge in [0, 0.05) is 12.3 Å². The van der Waals surface area contributed by atoms with Gasteiger partial charge in [-0.3, -0.25) is 15.1 Å². The second kappa shape index (κ2) is 3.27. The molecule has 0 aromatic carbocycles. The lowest BCUT2D eigenvalue weighted by Crippen LogP contribution is -2.01. The number of nitrogens with zero attached hydrogens (tertiary/aromatic N) is 2. The molecule has 1 unspecified atom stereocenters. The number of aromatic nitrogens is 1. The van der Waals surface area contributed by atoms with Gasteiger partial charge in [-0.15, -0.1) is 0 Å². The van der Waals surface area contributed by atoms with Gasteiger partial charge in [0.2, 0.25) is 0 Å². The molecule has 5 heteroatoms. The summed E-state index contributed by atoms with van der Waals surface area (Å²) in [6, 6.07) is 2.78. The van der Waals surface area contributed by atoms with Crippen molar-refractivity contribution in [1.29, 1.82) is 0 Å². The first-order chi connectivity index (χ1) is 5.63. The van der Waals surface area contributed by atoms with E-state index in [1.54, 1.807) is 0 Å². The minimum atomic E-state index is -0.911. The molecular formula is C7H8N2O3. The van der Waals surface area contributed by atoms with Crippen molar-refractivity contribution in [2.75, 3.05) is 0 Å². The molecule has 0 radical (unpaired) electrons. The Bertz CT molecular complexity index is 298. The quantitative estimate of drug-likeness (QED) is 0.528. The van der Waals surface area contributed by atoms with E-state index in [0.717, 1.165) is 0 Å². The van der Waals surface area contributed by atoms with Crippen LogP contribution in [0.25, 0.3) is 0 Å². The molecular weight excluding hydrogens is 160 g/mol. The smallest absolute Gasteiger partial charge is 0.293 e. The molecule has 64 valence electrons. The van der Waals surface area contributed by atoms with Crippen LogP contribution in [-0.4, -0.2) is 15.0 Å². The topological polar surface area (TPSA) is 76.3 Å². The van der Waals surface area contributed by atoms with Crippen LogP contribution in [0.15, 0.2) is 18.3 Å². The highest BCUT2D eigenvalue weighted by Crippen LogP contribution is 2.20. The molecule has 0 aliphatic carbocycles. The second-order valence-electron chi connectivity index (χ2n) is 2.34. The summed E-state index contributed by atoms with van der Waals surface area (Å²) in [6.45, 7) is 1.44. The van der Waals surface area contributed by atoms with Crippen molar-refractivity contribution in [2.24, 2.45) is 0 Å². The molecule has 0 saturated heterocycles. The molecule has 1 rings (SSSR count). The van der Waals surface area contributed by atoms with Gasteiger partial charge in [0.25, 0.3) is 5.69 Å². The maximum Gasteiger partial charge on any atom is 0.293 e. The molecule has 0 fully saturated rings. The summed E-state index contributed by atoms with van der Waals surface area (Å²) in [5, 5.41) is 19.5. The zero-order chi connectivity index (χ0) is 9.14. The van der Waals surface area contributed by atoms with E-state index in [2.05, 4.69) is 4.98 Å². The zero-order valence-corrected chi connectivity index (χ0v) is 6.47. The van der Waals surface area contributed by atoms with Crippen molar-refractivity contribution in [1.82, 2.24) is 4.98 Å². The molecule has 1 N–H and O–H groups in total. The van der Waals surface area contributed by atoms with Gasteiger partial charge >= 0.3 is 0 Å². The minimum Gasteiger partial charge on any atom is -0.387 e. The maximum absolute atomic E-state index is 10.4. The highest BCUT2D eigenvalue weighted by atomic mass is 16.6. The summed E-state index contributed by atoms with van der Waals surface area (Å²) in [5.74, 6) is 0. The van der Waals surface area contributed by atoms with Gasteiger partial charge in [-0.05, 0) is 13.0 Å². The van der Waals surface area contributed by atoms with Gasteiger partial charge in [-0.1, -0.05) is 0 Å². The van der Waals surface area contributed by atoms with Gasteiger partial charge in [0.15, 0.2) is 0 Å². The van der Waals surface area contributed by atoms with Crippen molar-refractivity contribution in [3.63, 3.8) is 0 Å². The van der Waals surface area contributed by atoms with E-state index < -0.39 is 11.0 Å². The fraction of sp³-hybridized carbons (Fsp3) is 0.286. The molecule has 1 aromatic rings. The van der Waals surface area contributed by atoms with E-state index in [0.29, 0.717) is 0 Å². The van der Waals surface area contributed by atoms with Crippen LogP contribution in [0.3, 0.4) is 0 Å². The van der Waals surface area contributed by atoms with Crippen LogP contribution in [0, 0.1) is 10.1 Å². The maximum atomic E-state index is 10.4. The fourth-order valence-electron chi connectivity index (χ4n) is 0.885. The molecule has 12 heavy (non-hydrogen) atoms. The Labute approximate surface area is 68.8 Å². The van der Waals surface area contributed by atoms with Crippen LogP contribution < -0.4 is 0 Å². The highest BCUT2D eigenvalue weighted by Gasteiger charge is 2.17. The molecule has 0 bridgehead atoms. The lowest BCUT2D eigenvalue weighted by atomic mass is 10.2. The summed E-state index contributed by atoms with van der Waals surface area (Å²) < 4.78 is 0. The largest absolute Gasteiger partial charge is 0.387 e. The highest BCUT2D eigenvalue weighted by molar-refractivity contribution is 5.35. The first-order valence-electron chi connectivity index (χ1n) is 3.40. The van der Waals surface area contributed by atoms with Gasteiger partial charge in [0.1, 0.15) is 11.8 Å². The summed E-state index contributed by atoms with van der Waals surface area (Å²) in [4.78, 5) is 13.5. The molecule has 0 aliphatic heterocycles. The van der Waals surface area contributed by atoms with Crippen LogP contribution in [-0.2, 0) is 0 Å². The van der Waals surface area contributed by atoms with E-state index >= 15 is 0 Å². The van der Waals surface area contributed by atoms with Gasteiger partial charge < -0.3 is 5.11 Å². The monoisotopic (exact) mass is 168 g/mol. The van der Waals surface area contributed by atoms with Crippen LogP contribution in [0.5, 0.6) is 0 Å². The summed E-state index contributed by atoms with van der Waals surface area (Å²) in [7, 11) is 0. The van der Waals surface area contributed by atoms with E-state index in [4.69, 9.17) is 5.11 Å². The molecule has 1 aromatic heterocycles. The van der Waals surface area contributed by atoms with E-state index in [1.807, 2.05) is 0 Å². The minimum absolute atomic E-state index is 0.0995. The number of pyridine rings is 1. The Morgan fingerprint density at radius 1 is 1.75 bits per heavy atom. The Morgan fingerprint density at radius 2 is 2.42 bits per heavy atom. The number of aliphatic hydroxyl groups excluding tert-OH is 1. The molecule has 5 nitrogen and oxygen atoms in total. The Balaban J connectivity index is 3.17. The third kappa shape index (κ3) is 1.57. The average Bonchev–Trinajstić information content (AvgIpc) is 2.04. The Morgan fingerprint density at radius 3 is 2.83 bits per heavy atom. The van der Waals surface area contributed by atoms with Crippen molar-refractivity contribution in [3.05, 3.63) is 34.1 Å². The normalized spacial score (nSPS) is 12.5. The first-order valence-corrected chi connectivity index (χ1v) is 3.40. The summed E-state index contributed by atoms with van der Waals surface area (Å²) in [5.41, 5.74) is -0.0463. The SMILES string of the molecule is CC(O)c1ncccc1[N+](=O)[O-]. The predicted octanol–water partition coefficient (Wildman–Crippen LogP) is 1.04. The fourth-order valence-corrected chi connectivity index (χ4v) is 0.885. The molecule has 0 aliphatic rings. The molecule has 1 atom stereocenters. The van der Waals surface area contributed by atoms with Crippen LogP contribution in [0.1, 0.15) is 18.7 Å². The van der Waals surface area contributed by atoms with Gasteiger partial charge in [-0.25, -0.2) is 0 Å². The van der Waals surface area contributed by atoms with Crippen molar-refractivity contribution in [3.8, 4) is 0 Å². The van der Waals surface area contributed by atoms with Crippen molar-refractivity contribution in [2.45, 2.75) is 13.0 Å². The standard InChI is InChI=1S/C7H8N2O3/c1-5(10)7-6(9(11)12)3-2-4-8-7/h2-5,10H,1H3. The first kappa shape index (κ1) is 8.61. The molecule has 1 heterocycles. The van der Waals surface area contributed by atoms with Crippen LogP contribution in [0.4, 0.5) is 5.69 Å². The number of nitro groups is 1. The van der Waals surface area contributed by atoms with Crippen molar-refractivity contribution >= 4 is 5.69 Å². The lowest BCUT2D eigenvalue weighted by Gasteiger charge is -2.02. The third-order valence-corrected chi connectivity index (χ3v) is 1.41. The molecule has 0 spiro atoms. The second-order valence-corrected chi connectivity index (χ2v) is 2.34. The van der Waals surface area contributed by atoms with Gasteiger partial charge in [-0.2, -0.15) is 0 Å². The Kier molecular flexibility index (Phi) is 2.35. The van der Waals surface area contributed by atoms with Crippen LogP contribution in [0.2, 0.25) is 0 Å². The number of hydrogen-bond donors (Lipinski definition) is 1. The zero-order valence-electron chi connectivity index (χ0n) is 6.47. The summed E-state index contributed by atoms with van der Waals surface area (Å²) >= 11 is 0. The summed E-state index contributed by atoms with van der Waals surface area (Å²) in [6.07, 6.45) is 0.501.